The third kappa shape index (κ3) is 3.39. The van der Waals surface area contributed by atoms with Gasteiger partial charge in [0.25, 0.3) is 5.91 Å². The molecule has 0 saturated heterocycles. The predicted molar refractivity (Wildman–Crippen MR) is 90.6 cm³/mol. The average molecular weight is 367 g/mol. The smallest absolute Gasteiger partial charge is 0.275 e. The standard InChI is InChI=1S/C16H12Cl2N2O4/c1-22-15-11(5-10(17)6-12(15)18)16(21)20-19-7-9-2-3-13-14(4-9)24-8-23-13/h2-7H,8H2,1H3,(H,20,21)/b19-7+. The minimum absolute atomic E-state index is 0.192. The normalized spacial score (nSPS) is 12.5. The third-order valence-corrected chi connectivity index (χ3v) is 3.73. The number of hydrogen-bond donors (Lipinski definition) is 1. The second kappa shape index (κ2) is 6.98. The van der Waals surface area contributed by atoms with Crippen molar-refractivity contribution in [2.45, 2.75) is 0 Å². The van der Waals surface area contributed by atoms with Crippen LogP contribution in [0.5, 0.6) is 17.2 Å². The Labute approximate surface area is 147 Å². The van der Waals surface area contributed by atoms with Gasteiger partial charge in [0.1, 0.15) is 5.75 Å². The van der Waals surface area contributed by atoms with E-state index in [4.69, 9.17) is 37.4 Å². The number of carbonyl (C=O) groups is 1. The molecule has 2 aromatic rings. The number of benzene rings is 2. The first-order valence-electron chi connectivity index (χ1n) is 6.84. The largest absolute Gasteiger partial charge is 0.494 e. The van der Waals surface area contributed by atoms with Gasteiger partial charge in [-0.3, -0.25) is 4.79 Å². The Hall–Kier alpha value is -2.44. The Morgan fingerprint density at radius 1 is 1.25 bits per heavy atom. The van der Waals surface area contributed by atoms with Crippen LogP contribution in [0.15, 0.2) is 35.4 Å². The lowest BCUT2D eigenvalue weighted by atomic mass is 10.2. The van der Waals surface area contributed by atoms with Gasteiger partial charge in [0.2, 0.25) is 6.79 Å². The molecule has 1 amide bonds. The molecule has 0 aliphatic carbocycles. The van der Waals surface area contributed by atoms with Crippen LogP contribution in [0.2, 0.25) is 10.0 Å². The molecule has 8 heteroatoms. The fraction of sp³-hybridized carbons (Fsp3) is 0.125. The SMILES string of the molecule is COc1c(Cl)cc(Cl)cc1C(=O)N/N=C/c1ccc2c(c1)OCO2. The van der Waals surface area contributed by atoms with Crippen LogP contribution in [-0.2, 0) is 0 Å². The highest BCUT2D eigenvalue weighted by molar-refractivity contribution is 6.36. The van der Waals surface area contributed by atoms with E-state index >= 15 is 0 Å². The van der Waals surface area contributed by atoms with E-state index in [0.717, 1.165) is 5.56 Å². The Balaban J connectivity index is 1.74. The van der Waals surface area contributed by atoms with E-state index in [2.05, 4.69) is 10.5 Å². The van der Waals surface area contributed by atoms with E-state index < -0.39 is 5.91 Å². The summed E-state index contributed by atoms with van der Waals surface area (Å²) in [6, 6.07) is 8.27. The number of nitrogens with zero attached hydrogens (tertiary/aromatic N) is 1. The van der Waals surface area contributed by atoms with Crippen LogP contribution >= 0.6 is 23.2 Å². The van der Waals surface area contributed by atoms with Crippen LogP contribution < -0.4 is 19.6 Å². The molecule has 2 aromatic carbocycles. The summed E-state index contributed by atoms with van der Waals surface area (Å²) in [6.07, 6.45) is 1.48. The van der Waals surface area contributed by atoms with Gasteiger partial charge in [-0.05, 0) is 35.9 Å². The molecule has 0 saturated carbocycles. The summed E-state index contributed by atoms with van der Waals surface area (Å²) < 4.78 is 15.6. The van der Waals surface area contributed by atoms with Crippen LogP contribution in [0.25, 0.3) is 0 Å². The number of carbonyl (C=O) groups excluding carboxylic acids is 1. The number of fused-ring (bicyclic) bond motifs is 1. The summed E-state index contributed by atoms with van der Waals surface area (Å²) in [5.74, 6) is 1.05. The summed E-state index contributed by atoms with van der Waals surface area (Å²) in [5, 5.41) is 4.49. The van der Waals surface area contributed by atoms with Crippen LogP contribution in [0.3, 0.4) is 0 Å². The summed E-state index contributed by atoms with van der Waals surface area (Å²) in [7, 11) is 1.42. The summed E-state index contributed by atoms with van der Waals surface area (Å²) in [4.78, 5) is 12.2. The van der Waals surface area contributed by atoms with Gasteiger partial charge in [-0.15, -0.1) is 0 Å². The molecule has 1 N–H and O–H groups in total. The second-order valence-electron chi connectivity index (χ2n) is 4.78. The Morgan fingerprint density at radius 3 is 2.83 bits per heavy atom. The van der Waals surface area contributed by atoms with E-state index in [1.54, 1.807) is 18.2 Å². The number of nitrogens with one attached hydrogen (secondary N) is 1. The van der Waals surface area contributed by atoms with E-state index in [0.29, 0.717) is 16.5 Å². The second-order valence-corrected chi connectivity index (χ2v) is 5.62. The van der Waals surface area contributed by atoms with Gasteiger partial charge < -0.3 is 14.2 Å². The van der Waals surface area contributed by atoms with Crippen molar-refractivity contribution >= 4 is 35.3 Å². The van der Waals surface area contributed by atoms with Crippen LogP contribution in [0, 0.1) is 0 Å². The molecule has 3 rings (SSSR count). The molecule has 1 aliphatic heterocycles. The maximum Gasteiger partial charge on any atom is 0.275 e. The van der Waals surface area contributed by atoms with Crippen molar-refractivity contribution in [3.63, 3.8) is 0 Å². The maximum atomic E-state index is 12.2. The minimum atomic E-state index is -0.492. The summed E-state index contributed by atoms with van der Waals surface area (Å²) in [5.41, 5.74) is 3.34. The molecule has 1 aliphatic rings. The number of hydrazone groups is 1. The lowest BCUT2D eigenvalue weighted by Gasteiger charge is -2.09. The van der Waals surface area contributed by atoms with Crippen LogP contribution in [-0.4, -0.2) is 26.0 Å². The average Bonchev–Trinajstić information content (AvgIpc) is 3.01. The molecular formula is C16H12Cl2N2O4. The highest BCUT2D eigenvalue weighted by Crippen LogP contribution is 2.33. The molecule has 0 radical (unpaired) electrons. The fourth-order valence-corrected chi connectivity index (χ4v) is 2.73. The van der Waals surface area contributed by atoms with Gasteiger partial charge in [-0.25, -0.2) is 5.43 Å². The molecule has 0 unspecified atom stereocenters. The van der Waals surface area contributed by atoms with Crippen molar-refractivity contribution in [2.75, 3.05) is 13.9 Å². The zero-order valence-electron chi connectivity index (χ0n) is 12.5. The molecular weight excluding hydrogens is 355 g/mol. The first-order chi connectivity index (χ1) is 11.6. The van der Waals surface area contributed by atoms with E-state index in [-0.39, 0.29) is 23.1 Å². The number of rotatable bonds is 4. The predicted octanol–water partition coefficient (Wildman–Crippen LogP) is 3.49. The maximum absolute atomic E-state index is 12.2. The topological polar surface area (TPSA) is 69.2 Å². The first kappa shape index (κ1) is 16.4. The molecule has 0 atom stereocenters. The van der Waals surface area contributed by atoms with Crippen molar-refractivity contribution in [1.82, 2.24) is 5.43 Å². The lowest BCUT2D eigenvalue weighted by molar-refractivity contribution is 0.0952. The highest BCUT2D eigenvalue weighted by Gasteiger charge is 2.16. The molecule has 24 heavy (non-hydrogen) atoms. The molecule has 124 valence electrons. The van der Waals surface area contributed by atoms with Crippen molar-refractivity contribution < 1.29 is 19.0 Å². The first-order valence-corrected chi connectivity index (χ1v) is 7.60. The van der Waals surface area contributed by atoms with Gasteiger partial charge in [0.15, 0.2) is 11.5 Å². The van der Waals surface area contributed by atoms with E-state index in [1.807, 2.05) is 0 Å². The van der Waals surface area contributed by atoms with Crippen molar-refractivity contribution in [1.29, 1.82) is 0 Å². The van der Waals surface area contributed by atoms with Gasteiger partial charge in [0, 0.05) is 5.02 Å². The molecule has 0 bridgehead atoms. The minimum Gasteiger partial charge on any atom is -0.494 e. The van der Waals surface area contributed by atoms with Crippen LogP contribution in [0.1, 0.15) is 15.9 Å². The number of amides is 1. The molecule has 0 spiro atoms. The Kier molecular flexibility index (Phi) is 4.78. The molecule has 0 aromatic heterocycles. The number of halogens is 2. The zero-order chi connectivity index (χ0) is 17.1. The Bertz CT molecular complexity index is 824. The number of methoxy groups -OCH3 is 1. The van der Waals surface area contributed by atoms with Crippen molar-refractivity contribution in [3.05, 3.63) is 51.5 Å². The van der Waals surface area contributed by atoms with Crippen molar-refractivity contribution in [2.24, 2.45) is 5.10 Å². The summed E-state index contributed by atoms with van der Waals surface area (Å²) >= 11 is 11.9. The third-order valence-electron chi connectivity index (χ3n) is 3.23. The van der Waals surface area contributed by atoms with E-state index in [1.165, 1.54) is 25.5 Å². The monoisotopic (exact) mass is 366 g/mol. The molecule has 0 fully saturated rings. The Morgan fingerprint density at radius 2 is 2.04 bits per heavy atom. The zero-order valence-corrected chi connectivity index (χ0v) is 14.0. The number of ether oxygens (including phenoxy) is 3. The van der Waals surface area contributed by atoms with Crippen molar-refractivity contribution in [3.8, 4) is 17.2 Å². The highest BCUT2D eigenvalue weighted by atomic mass is 35.5. The van der Waals surface area contributed by atoms with Gasteiger partial charge >= 0.3 is 0 Å². The van der Waals surface area contributed by atoms with Gasteiger partial charge in [-0.1, -0.05) is 23.2 Å². The number of hydrogen-bond acceptors (Lipinski definition) is 5. The molecule has 1 heterocycles. The molecule has 6 nitrogen and oxygen atoms in total. The fourth-order valence-electron chi connectivity index (χ4n) is 2.16. The summed E-state index contributed by atoms with van der Waals surface area (Å²) in [6.45, 7) is 0.196. The van der Waals surface area contributed by atoms with Crippen LogP contribution in [0.4, 0.5) is 0 Å². The lowest BCUT2D eigenvalue weighted by Crippen LogP contribution is -2.18. The van der Waals surface area contributed by atoms with Gasteiger partial charge in [-0.2, -0.15) is 5.10 Å². The van der Waals surface area contributed by atoms with Gasteiger partial charge in [0.05, 0.1) is 23.9 Å². The van der Waals surface area contributed by atoms with E-state index in [9.17, 15) is 4.79 Å². The quantitative estimate of drug-likeness (QED) is 0.664.